The number of carbonyl (C=O) groups is 1. The first-order valence-electron chi connectivity index (χ1n) is 12.5. The number of rotatable bonds is 5. The van der Waals surface area contributed by atoms with Gasteiger partial charge in [0.05, 0.1) is 22.8 Å². The van der Waals surface area contributed by atoms with Crippen molar-refractivity contribution < 1.29 is 14.3 Å². The molecule has 4 aromatic rings. The molecule has 0 bridgehead atoms. The molecule has 10 nitrogen and oxygen atoms in total. The molecule has 37 heavy (non-hydrogen) atoms. The summed E-state index contributed by atoms with van der Waals surface area (Å²) in [6, 6.07) is 9.32. The molecule has 0 atom stereocenters. The van der Waals surface area contributed by atoms with Crippen LogP contribution in [-0.2, 0) is 19.5 Å². The molecule has 0 spiro atoms. The highest BCUT2D eigenvalue weighted by atomic mass is 16.6. The van der Waals surface area contributed by atoms with Gasteiger partial charge in [0.15, 0.2) is 17.1 Å². The topological polar surface area (TPSA) is 123 Å². The number of carbonyl (C=O) groups excluding carboxylic acids is 1. The van der Waals surface area contributed by atoms with Crippen LogP contribution in [0.15, 0.2) is 41.3 Å². The second-order valence-corrected chi connectivity index (χ2v) is 9.57. The number of ether oxygens (including phenoxy) is 2. The summed E-state index contributed by atoms with van der Waals surface area (Å²) in [4.78, 5) is 33.9. The number of aromatic nitrogens is 4. The van der Waals surface area contributed by atoms with Gasteiger partial charge in [-0.2, -0.15) is 5.10 Å². The third kappa shape index (κ3) is 4.33. The van der Waals surface area contributed by atoms with E-state index < -0.39 is 0 Å². The van der Waals surface area contributed by atoms with E-state index in [1.165, 1.54) is 0 Å². The second kappa shape index (κ2) is 9.36. The molecule has 0 radical (unpaired) electrons. The number of amides is 1. The standard InChI is InChI=1S/C27H28N6O4/c1-15(2)33-25-20(14-30-33)19(11-22(31-25)16-3-4-23-24(10-16)37-8-7-36-23)27(35)29-13-18-9-17-12-28-6-5-21(17)32-26(18)34/h3-4,9-11,14-15,28H,5-8,12-13H2,1-2H3,(H,29,35)(H,32,34). The van der Waals surface area contributed by atoms with Gasteiger partial charge < -0.3 is 25.1 Å². The molecule has 1 aromatic carbocycles. The van der Waals surface area contributed by atoms with Crippen LogP contribution in [0.4, 0.5) is 0 Å². The molecule has 1 amide bonds. The normalized spacial score (nSPS) is 14.6. The van der Waals surface area contributed by atoms with Crippen LogP contribution < -0.4 is 25.7 Å². The zero-order valence-electron chi connectivity index (χ0n) is 20.8. The van der Waals surface area contributed by atoms with Crippen LogP contribution >= 0.6 is 0 Å². The maximum absolute atomic E-state index is 13.5. The summed E-state index contributed by atoms with van der Waals surface area (Å²) in [5.41, 5.74) is 4.84. The van der Waals surface area contributed by atoms with Gasteiger partial charge in [-0.15, -0.1) is 0 Å². The highest BCUT2D eigenvalue weighted by Crippen LogP contribution is 2.35. The summed E-state index contributed by atoms with van der Waals surface area (Å²) in [5.74, 6) is 1.03. The minimum absolute atomic E-state index is 0.0547. The first kappa shape index (κ1) is 23.2. The molecule has 10 heteroatoms. The Balaban J connectivity index is 1.36. The van der Waals surface area contributed by atoms with Gasteiger partial charge >= 0.3 is 0 Å². The van der Waals surface area contributed by atoms with Gasteiger partial charge in [0.2, 0.25) is 0 Å². The Hall–Kier alpha value is -4.18. The zero-order valence-corrected chi connectivity index (χ0v) is 20.8. The van der Waals surface area contributed by atoms with E-state index in [9.17, 15) is 9.59 Å². The Morgan fingerprint density at radius 3 is 2.84 bits per heavy atom. The maximum Gasteiger partial charge on any atom is 0.253 e. The van der Waals surface area contributed by atoms with Gasteiger partial charge in [0.1, 0.15) is 13.2 Å². The van der Waals surface area contributed by atoms with Gasteiger partial charge in [-0.3, -0.25) is 9.59 Å². The Labute approximate surface area is 213 Å². The van der Waals surface area contributed by atoms with E-state index in [-0.39, 0.29) is 24.1 Å². The average molecular weight is 501 g/mol. The lowest BCUT2D eigenvalue weighted by atomic mass is 10.0. The summed E-state index contributed by atoms with van der Waals surface area (Å²) in [6.07, 6.45) is 2.46. The van der Waals surface area contributed by atoms with Crippen molar-refractivity contribution in [2.75, 3.05) is 19.8 Å². The summed E-state index contributed by atoms with van der Waals surface area (Å²) in [6.45, 7) is 6.68. The van der Waals surface area contributed by atoms with E-state index >= 15 is 0 Å². The number of fused-ring (bicyclic) bond motifs is 3. The van der Waals surface area contributed by atoms with Crippen molar-refractivity contribution in [3.8, 4) is 22.8 Å². The van der Waals surface area contributed by atoms with E-state index in [1.807, 2.05) is 38.1 Å². The van der Waals surface area contributed by atoms with Crippen LogP contribution in [0.5, 0.6) is 11.5 Å². The number of nitrogens with zero attached hydrogens (tertiary/aromatic N) is 3. The zero-order chi connectivity index (χ0) is 25.5. The molecule has 2 aliphatic rings. The Bertz CT molecular complexity index is 1570. The molecule has 3 aromatic heterocycles. The van der Waals surface area contributed by atoms with E-state index in [4.69, 9.17) is 14.5 Å². The lowest BCUT2D eigenvalue weighted by Crippen LogP contribution is -2.31. The van der Waals surface area contributed by atoms with Gasteiger partial charge in [0, 0.05) is 48.9 Å². The lowest BCUT2D eigenvalue weighted by molar-refractivity contribution is 0.0952. The van der Waals surface area contributed by atoms with Crippen LogP contribution in [-0.4, -0.2) is 45.4 Å². The fraction of sp³-hybridized carbons (Fsp3) is 0.333. The molecular weight excluding hydrogens is 472 g/mol. The molecule has 0 aliphatic carbocycles. The van der Waals surface area contributed by atoms with E-state index in [0.717, 1.165) is 29.8 Å². The Morgan fingerprint density at radius 2 is 2.00 bits per heavy atom. The SMILES string of the molecule is CC(C)n1ncc2c(C(=O)NCc3cc4c([nH]c3=O)CCNC4)cc(-c3ccc4c(c3)OCCO4)nc21. The fourth-order valence-corrected chi connectivity index (χ4v) is 4.81. The number of hydrogen-bond acceptors (Lipinski definition) is 7. The number of H-pyrrole nitrogens is 1. The molecule has 0 saturated carbocycles. The molecule has 190 valence electrons. The van der Waals surface area contributed by atoms with Crippen molar-refractivity contribution >= 4 is 16.9 Å². The van der Waals surface area contributed by atoms with Crippen molar-refractivity contribution in [2.24, 2.45) is 0 Å². The maximum atomic E-state index is 13.5. The molecular formula is C27H28N6O4. The quantitative estimate of drug-likeness (QED) is 0.385. The number of pyridine rings is 2. The Kier molecular flexibility index (Phi) is 5.88. The molecule has 3 N–H and O–H groups in total. The lowest BCUT2D eigenvalue weighted by Gasteiger charge is -2.19. The summed E-state index contributed by atoms with van der Waals surface area (Å²) in [5, 5.41) is 11.4. The smallest absolute Gasteiger partial charge is 0.253 e. The third-order valence-corrected chi connectivity index (χ3v) is 6.74. The number of aromatic amines is 1. The van der Waals surface area contributed by atoms with Crippen LogP contribution in [0, 0.1) is 0 Å². The van der Waals surface area contributed by atoms with Gasteiger partial charge in [-0.1, -0.05) is 0 Å². The van der Waals surface area contributed by atoms with Crippen molar-refractivity contribution in [2.45, 2.75) is 39.4 Å². The van der Waals surface area contributed by atoms with Crippen molar-refractivity contribution in [3.63, 3.8) is 0 Å². The molecule has 0 saturated heterocycles. The predicted molar refractivity (Wildman–Crippen MR) is 138 cm³/mol. The molecule has 2 aliphatic heterocycles. The predicted octanol–water partition coefficient (Wildman–Crippen LogP) is 2.71. The largest absolute Gasteiger partial charge is 0.486 e. The van der Waals surface area contributed by atoms with Crippen molar-refractivity contribution in [1.29, 1.82) is 0 Å². The molecule has 0 unspecified atom stereocenters. The first-order chi connectivity index (χ1) is 18.0. The van der Waals surface area contributed by atoms with Gasteiger partial charge in [-0.25, -0.2) is 9.67 Å². The second-order valence-electron chi connectivity index (χ2n) is 9.57. The number of hydrogen-bond donors (Lipinski definition) is 3. The van der Waals surface area contributed by atoms with Crippen LogP contribution in [0.3, 0.4) is 0 Å². The van der Waals surface area contributed by atoms with E-state index in [0.29, 0.717) is 59.1 Å². The van der Waals surface area contributed by atoms with E-state index in [1.54, 1.807) is 16.9 Å². The van der Waals surface area contributed by atoms with Crippen LogP contribution in [0.2, 0.25) is 0 Å². The number of nitrogens with one attached hydrogen (secondary N) is 3. The molecule has 5 heterocycles. The summed E-state index contributed by atoms with van der Waals surface area (Å²) >= 11 is 0. The van der Waals surface area contributed by atoms with Crippen molar-refractivity contribution in [3.05, 3.63) is 69.3 Å². The van der Waals surface area contributed by atoms with Crippen molar-refractivity contribution in [1.82, 2.24) is 30.4 Å². The first-order valence-corrected chi connectivity index (χ1v) is 12.5. The third-order valence-electron chi connectivity index (χ3n) is 6.74. The van der Waals surface area contributed by atoms with Crippen LogP contribution in [0.25, 0.3) is 22.3 Å². The highest BCUT2D eigenvalue weighted by molar-refractivity contribution is 6.06. The van der Waals surface area contributed by atoms with Gasteiger partial charge in [-0.05, 0) is 49.7 Å². The van der Waals surface area contributed by atoms with E-state index in [2.05, 4.69) is 20.7 Å². The minimum Gasteiger partial charge on any atom is -0.486 e. The minimum atomic E-state index is -0.301. The highest BCUT2D eigenvalue weighted by Gasteiger charge is 2.21. The fourth-order valence-electron chi connectivity index (χ4n) is 4.81. The molecule has 6 rings (SSSR count). The molecule has 0 fully saturated rings. The van der Waals surface area contributed by atoms with Crippen LogP contribution in [0.1, 0.15) is 47.1 Å². The monoisotopic (exact) mass is 500 g/mol. The summed E-state index contributed by atoms with van der Waals surface area (Å²) < 4.78 is 13.2. The summed E-state index contributed by atoms with van der Waals surface area (Å²) in [7, 11) is 0. The Morgan fingerprint density at radius 1 is 1.16 bits per heavy atom. The number of benzene rings is 1. The van der Waals surface area contributed by atoms with Gasteiger partial charge in [0.25, 0.3) is 11.5 Å². The average Bonchev–Trinajstić information content (AvgIpc) is 3.35.